The zero-order chi connectivity index (χ0) is 10.8. The number of furan rings is 1. The van der Waals surface area contributed by atoms with E-state index in [2.05, 4.69) is 11.8 Å². The summed E-state index contributed by atoms with van der Waals surface area (Å²) < 4.78 is 5.54. The molecular formula is C12H19NO2. The highest BCUT2D eigenvalue weighted by atomic mass is 16.3. The lowest BCUT2D eigenvalue weighted by atomic mass is 9.97. The van der Waals surface area contributed by atoms with E-state index in [9.17, 15) is 5.11 Å². The van der Waals surface area contributed by atoms with Crippen LogP contribution < -0.4 is 0 Å². The molecule has 0 aromatic carbocycles. The summed E-state index contributed by atoms with van der Waals surface area (Å²) in [6.07, 6.45) is 0.750. The van der Waals surface area contributed by atoms with Crippen LogP contribution in [0.4, 0.5) is 0 Å². The van der Waals surface area contributed by atoms with Gasteiger partial charge in [-0.3, -0.25) is 4.90 Å². The van der Waals surface area contributed by atoms with Crippen LogP contribution in [0, 0.1) is 12.8 Å². The molecule has 2 atom stereocenters. The SMILES string of the molecule is Cc1ccc(CN2CCC(O)C(C)C2)o1. The molecule has 3 nitrogen and oxygen atoms in total. The van der Waals surface area contributed by atoms with Gasteiger partial charge in [0.2, 0.25) is 0 Å². The van der Waals surface area contributed by atoms with E-state index in [4.69, 9.17) is 4.42 Å². The summed E-state index contributed by atoms with van der Waals surface area (Å²) in [5.74, 6) is 2.36. The number of rotatable bonds is 2. The van der Waals surface area contributed by atoms with Crippen molar-refractivity contribution in [1.82, 2.24) is 4.90 Å². The van der Waals surface area contributed by atoms with Gasteiger partial charge in [0.25, 0.3) is 0 Å². The van der Waals surface area contributed by atoms with Crippen LogP contribution in [-0.4, -0.2) is 29.2 Å². The summed E-state index contributed by atoms with van der Waals surface area (Å²) in [5, 5.41) is 9.62. The van der Waals surface area contributed by atoms with Crippen molar-refractivity contribution in [2.75, 3.05) is 13.1 Å². The number of aryl methyl sites for hydroxylation is 1. The molecule has 84 valence electrons. The number of likely N-dealkylation sites (tertiary alicyclic amines) is 1. The standard InChI is InChI=1S/C12H19NO2/c1-9-7-13(6-5-12(9)14)8-11-4-3-10(2)15-11/h3-4,9,12,14H,5-8H2,1-2H3. The molecule has 0 radical (unpaired) electrons. The fourth-order valence-corrected chi connectivity index (χ4v) is 2.15. The molecule has 0 bridgehead atoms. The van der Waals surface area contributed by atoms with Crippen molar-refractivity contribution in [2.45, 2.75) is 32.9 Å². The Kier molecular flexibility index (Phi) is 3.12. The van der Waals surface area contributed by atoms with Gasteiger partial charge < -0.3 is 9.52 Å². The minimum atomic E-state index is -0.125. The van der Waals surface area contributed by atoms with Crippen molar-refractivity contribution < 1.29 is 9.52 Å². The van der Waals surface area contributed by atoms with Gasteiger partial charge in [0.15, 0.2) is 0 Å². The number of piperidine rings is 1. The Bertz CT molecular complexity index is 321. The zero-order valence-corrected chi connectivity index (χ0v) is 9.44. The Balaban J connectivity index is 1.90. The molecule has 15 heavy (non-hydrogen) atoms. The maximum Gasteiger partial charge on any atom is 0.118 e. The van der Waals surface area contributed by atoms with E-state index in [1.165, 1.54) is 0 Å². The molecule has 3 heteroatoms. The van der Waals surface area contributed by atoms with Crippen LogP contribution in [0.5, 0.6) is 0 Å². The minimum absolute atomic E-state index is 0.125. The molecule has 0 saturated carbocycles. The predicted molar refractivity (Wildman–Crippen MR) is 58.5 cm³/mol. The topological polar surface area (TPSA) is 36.6 Å². The molecule has 2 heterocycles. The molecule has 1 aliphatic rings. The average Bonchev–Trinajstić information content (AvgIpc) is 2.58. The fraction of sp³-hybridized carbons (Fsp3) is 0.667. The summed E-state index contributed by atoms with van der Waals surface area (Å²) in [4.78, 5) is 2.34. The zero-order valence-electron chi connectivity index (χ0n) is 9.44. The first kappa shape index (κ1) is 10.7. The lowest BCUT2D eigenvalue weighted by molar-refractivity contribution is 0.0295. The lowest BCUT2D eigenvalue weighted by Crippen LogP contribution is -2.41. The Labute approximate surface area is 90.7 Å². The Morgan fingerprint density at radius 3 is 2.93 bits per heavy atom. The first-order chi connectivity index (χ1) is 7.15. The number of aliphatic hydroxyl groups excluding tert-OH is 1. The number of aliphatic hydroxyl groups is 1. The van der Waals surface area contributed by atoms with E-state index >= 15 is 0 Å². The lowest BCUT2D eigenvalue weighted by Gasteiger charge is -2.33. The highest BCUT2D eigenvalue weighted by Gasteiger charge is 2.24. The smallest absolute Gasteiger partial charge is 0.118 e. The molecule has 1 fully saturated rings. The van der Waals surface area contributed by atoms with Crippen molar-refractivity contribution in [2.24, 2.45) is 5.92 Å². The van der Waals surface area contributed by atoms with Gasteiger partial charge in [-0.2, -0.15) is 0 Å². The molecule has 0 spiro atoms. The maximum atomic E-state index is 9.62. The van der Waals surface area contributed by atoms with Crippen LogP contribution in [0.25, 0.3) is 0 Å². The molecule has 2 rings (SSSR count). The van der Waals surface area contributed by atoms with Crippen molar-refractivity contribution in [3.63, 3.8) is 0 Å². The number of hydrogen-bond acceptors (Lipinski definition) is 3. The van der Waals surface area contributed by atoms with Gasteiger partial charge in [0.05, 0.1) is 12.6 Å². The third-order valence-electron chi connectivity index (χ3n) is 3.12. The van der Waals surface area contributed by atoms with Crippen LogP contribution in [0.15, 0.2) is 16.5 Å². The third-order valence-corrected chi connectivity index (χ3v) is 3.12. The predicted octanol–water partition coefficient (Wildman–Crippen LogP) is 1.79. The second-order valence-corrected chi connectivity index (χ2v) is 4.58. The van der Waals surface area contributed by atoms with E-state index in [-0.39, 0.29) is 6.10 Å². The molecule has 0 aliphatic carbocycles. The van der Waals surface area contributed by atoms with Crippen LogP contribution in [-0.2, 0) is 6.54 Å². The van der Waals surface area contributed by atoms with Crippen LogP contribution >= 0.6 is 0 Å². The van der Waals surface area contributed by atoms with Crippen molar-refractivity contribution in [1.29, 1.82) is 0 Å². The van der Waals surface area contributed by atoms with Crippen molar-refractivity contribution in [3.8, 4) is 0 Å². The van der Waals surface area contributed by atoms with Crippen molar-refractivity contribution >= 4 is 0 Å². The molecule has 0 amide bonds. The quantitative estimate of drug-likeness (QED) is 0.806. The Morgan fingerprint density at radius 1 is 1.53 bits per heavy atom. The van der Waals surface area contributed by atoms with Crippen LogP contribution in [0.3, 0.4) is 0 Å². The molecule has 1 aromatic rings. The van der Waals surface area contributed by atoms with Gasteiger partial charge in [0, 0.05) is 13.1 Å². The fourth-order valence-electron chi connectivity index (χ4n) is 2.15. The second-order valence-electron chi connectivity index (χ2n) is 4.58. The summed E-state index contributed by atoms with van der Waals surface area (Å²) >= 11 is 0. The Hall–Kier alpha value is -0.800. The van der Waals surface area contributed by atoms with E-state index in [0.29, 0.717) is 5.92 Å². The average molecular weight is 209 g/mol. The monoisotopic (exact) mass is 209 g/mol. The van der Waals surface area contributed by atoms with Gasteiger partial charge in [-0.15, -0.1) is 0 Å². The van der Waals surface area contributed by atoms with Crippen LogP contribution in [0.2, 0.25) is 0 Å². The summed E-state index contributed by atoms with van der Waals surface area (Å²) in [6.45, 7) is 6.85. The molecule has 1 aliphatic heterocycles. The van der Waals surface area contributed by atoms with Gasteiger partial charge in [-0.05, 0) is 31.4 Å². The van der Waals surface area contributed by atoms with Gasteiger partial charge in [-0.1, -0.05) is 6.92 Å². The molecule has 2 unspecified atom stereocenters. The number of nitrogens with zero attached hydrogens (tertiary/aromatic N) is 1. The molecule has 1 aromatic heterocycles. The van der Waals surface area contributed by atoms with Gasteiger partial charge in [-0.25, -0.2) is 0 Å². The summed E-state index contributed by atoms with van der Waals surface area (Å²) in [5.41, 5.74) is 0. The van der Waals surface area contributed by atoms with E-state index in [1.807, 2.05) is 19.1 Å². The summed E-state index contributed by atoms with van der Waals surface area (Å²) in [6, 6.07) is 4.03. The molecule has 1 saturated heterocycles. The van der Waals surface area contributed by atoms with Gasteiger partial charge >= 0.3 is 0 Å². The second kappa shape index (κ2) is 4.37. The van der Waals surface area contributed by atoms with Crippen molar-refractivity contribution in [3.05, 3.63) is 23.7 Å². The van der Waals surface area contributed by atoms with E-state index in [0.717, 1.165) is 37.6 Å². The molecule has 1 N–H and O–H groups in total. The first-order valence-electron chi connectivity index (χ1n) is 5.61. The highest BCUT2D eigenvalue weighted by molar-refractivity contribution is 5.05. The number of hydrogen-bond donors (Lipinski definition) is 1. The first-order valence-corrected chi connectivity index (χ1v) is 5.61. The van der Waals surface area contributed by atoms with Gasteiger partial charge in [0.1, 0.15) is 11.5 Å². The summed E-state index contributed by atoms with van der Waals surface area (Å²) in [7, 11) is 0. The normalized spacial score (nSPS) is 28.2. The van der Waals surface area contributed by atoms with Crippen LogP contribution in [0.1, 0.15) is 24.9 Å². The minimum Gasteiger partial charge on any atom is -0.465 e. The third kappa shape index (κ3) is 2.61. The molecular weight excluding hydrogens is 190 g/mol. The Morgan fingerprint density at radius 2 is 2.33 bits per heavy atom. The highest BCUT2D eigenvalue weighted by Crippen LogP contribution is 2.19. The largest absolute Gasteiger partial charge is 0.465 e. The van der Waals surface area contributed by atoms with E-state index in [1.54, 1.807) is 0 Å². The maximum absolute atomic E-state index is 9.62. The van der Waals surface area contributed by atoms with E-state index < -0.39 is 0 Å².